The van der Waals surface area contributed by atoms with E-state index in [1.807, 2.05) is 24.4 Å². The van der Waals surface area contributed by atoms with E-state index in [1.54, 1.807) is 6.07 Å². The van der Waals surface area contributed by atoms with Gasteiger partial charge >= 0.3 is 0 Å². The second-order valence-electron chi connectivity index (χ2n) is 3.87. The fourth-order valence-corrected chi connectivity index (χ4v) is 1.70. The predicted molar refractivity (Wildman–Crippen MR) is 68.5 cm³/mol. The normalized spacial score (nSPS) is 10.7. The molecule has 5 heteroatoms. The Labute approximate surface area is 105 Å². The van der Waals surface area contributed by atoms with Gasteiger partial charge in [0, 0.05) is 29.2 Å². The van der Waals surface area contributed by atoms with Gasteiger partial charge in [-0.1, -0.05) is 0 Å². The monoisotopic (exact) mass is 248 g/mol. The SMILES string of the molecule is O=C(NCCOCCO)c1ccc2[nH]ccc2c1. The van der Waals surface area contributed by atoms with Crippen molar-refractivity contribution >= 4 is 16.8 Å². The van der Waals surface area contributed by atoms with Crippen LogP contribution in [0, 0.1) is 0 Å². The van der Waals surface area contributed by atoms with E-state index in [0.717, 1.165) is 10.9 Å². The molecule has 18 heavy (non-hydrogen) atoms. The number of hydrogen-bond acceptors (Lipinski definition) is 3. The fourth-order valence-electron chi connectivity index (χ4n) is 1.70. The second-order valence-corrected chi connectivity index (χ2v) is 3.87. The van der Waals surface area contributed by atoms with Crippen LogP contribution in [0.15, 0.2) is 30.5 Å². The molecular formula is C13H16N2O3. The van der Waals surface area contributed by atoms with Crippen molar-refractivity contribution in [1.82, 2.24) is 10.3 Å². The minimum atomic E-state index is -0.120. The molecule has 5 nitrogen and oxygen atoms in total. The summed E-state index contributed by atoms with van der Waals surface area (Å²) >= 11 is 0. The van der Waals surface area contributed by atoms with E-state index in [1.165, 1.54) is 0 Å². The van der Waals surface area contributed by atoms with Crippen LogP contribution in [0.5, 0.6) is 0 Å². The van der Waals surface area contributed by atoms with Gasteiger partial charge < -0.3 is 20.1 Å². The van der Waals surface area contributed by atoms with Crippen LogP contribution in [0.4, 0.5) is 0 Å². The van der Waals surface area contributed by atoms with Gasteiger partial charge in [0.05, 0.1) is 19.8 Å². The number of benzene rings is 1. The van der Waals surface area contributed by atoms with Crippen LogP contribution in [-0.4, -0.2) is 42.4 Å². The summed E-state index contributed by atoms with van der Waals surface area (Å²) in [5.41, 5.74) is 1.64. The smallest absolute Gasteiger partial charge is 0.251 e. The standard InChI is InChI=1S/C13H16N2O3/c16-6-8-18-7-5-15-13(17)11-1-2-12-10(9-11)3-4-14-12/h1-4,9,14,16H,5-8H2,(H,15,17). The molecule has 0 saturated carbocycles. The lowest BCUT2D eigenvalue weighted by Crippen LogP contribution is -2.27. The number of hydrogen-bond donors (Lipinski definition) is 3. The van der Waals surface area contributed by atoms with Crippen LogP contribution >= 0.6 is 0 Å². The van der Waals surface area contributed by atoms with Gasteiger partial charge in [0.1, 0.15) is 0 Å². The summed E-state index contributed by atoms with van der Waals surface area (Å²) in [5, 5.41) is 12.3. The average Bonchev–Trinajstić information content (AvgIpc) is 2.85. The molecule has 0 aliphatic heterocycles. The van der Waals surface area contributed by atoms with Gasteiger partial charge in [-0.05, 0) is 24.3 Å². The third-order valence-electron chi connectivity index (χ3n) is 2.58. The zero-order valence-corrected chi connectivity index (χ0v) is 9.98. The van der Waals surface area contributed by atoms with Crippen molar-refractivity contribution < 1.29 is 14.6 Å². The molecule has 0 unspecified atom stereocenters. The summed E-state index contributed by atoms with van der Waals surface area (Å²) < 4.78 is 5.06. The Morgan fingerprint density at radius 1 is 1.33 bits per heavy atom. The maximum atomic E-state index is 11.8. The van der Waals surface area contributed by atoms with Gasteiger partial charge in [0.25, 0.3) is 5.91 Å². The molecule has 0 spiro atoms. The van der Waals surface area contributed by atoms with Crippen LogP contribution in [0.25, 0.3) is 10.9 Å². The lowest BCUT2D eigenvalue weighted by molar-refractivity contribution is 0.0838. The Morgan fingerprint density at radius 3 is 3.06 bits per heavy atom. The summed E-state index contributed by atoms with van der Waals surface area (Å²) in [4.78, 5) is 14.9. The third kappa shape index (κ3) is 3.09. The molecule has 3 N–H and O–H groups in total. The molecule has 0 fully saturated rings. The molecule has 0 aliphatic carbocycles. The number of aromatic nitrogens is 1. The third-order valence-corrected chi connectivity index (χ3v) is 2.58. The topological polar surface area (TPSA) is 74.3 Å². The number of carbonyl (C=O) groups excluding carboxylic acids is 1. The summed E-state index contributed by atoms with van der Waals surface area (Å²) in [6, 6.07) is 7.43. The fraction of sp³-hybridized carbons (Fsp3) is 0.308. The van der Waals surface area contributed by atoms with E-state index in [2.05, 4.69) is 10.3 Å². The molecule has 1 amide bonds. The number of rotatable bonds is 6. The van der Waals surface area contributed by atoms with Crippen LogP contribution < -0.4 is 5.32 Å². The summed E-state index contributed by atoms with van der Waals surface area (Å²) in [6.07, 6.45) is 1.84. The van der Waals surface area contributed by atoms with Gasteiger partial charge in [0.2, 0.25) is 0 Å². The van der Waals surface area contributed by atoms with Gasteiger partial charge in [-0.2, -0.15) is 0 Å². The Bertz CT molecular complexity index is 522. The number of nitrogens with one attached hydrogen (secondary N) is 2. The zero-order valence-electron chi connectivity index (χ0n) is 9.98. The highest BCUT2D eigenvalue weighted by molar-refractivity contribution is 5.98. The minimum absolute atomic E-state index is 0.00188. The molecule has 0 bridgehead atoms. The first kappa shape index (κ1) is 12.6. The van der Waals surface area contributed by atoms with E-state index in [4.69, 9.17) is 9.84 Å². The number of ether oxygens (including phenoxy) is 1. The van der Waals surface area contributed by atoms with Crippen molar-refractivity contribution in [3.8, 4) is 0 Å². The molecule has 2 rings (SSSR count). The Balaban J connectivity index is 1.88. The van der Waals surface area contributed by atoms with Gasteiger partial charge in [-0.25, -0.2) is 0 Å². The number of H-pyrrole nitrogens is 1. The van der Waals surface area contributed by atoms with Crippen LogP contribution in [0.2, 0.25) is 0 Å². The van der Waals surface area contributed by atoms with Crippen LogP contribution in [0.3, 0.4) is 0 Å². The van der Waals surface area contributed by atoms with E-state index >= 15 is 0 Å². The molecule has 0 aliphatic rings. The highest BCUT2D eigenvalue weighted by atomic mass is 16.5. The van der Waals surface area contributed by atoms with Crippen LogP contribution in [-0.2, 0) is 4.74 Å². The maximum absolute atomic E-state index is 11.8. The van der Waals surface area contributed by atoms with Crippen molar-refractivity contribution in [2.24, 2.45) is 0 Å². The van der Waals surface area contributed by atoms with Gasteiger partial charge in [-0.15, -0.1) is 0 Å². The molecule has 0 saturated heterocycles. The number of fused-ring (bicyclic) bond motifs is 1. The summed E-state index contributed by atoms with van der Waals surface area (Å²) in [7, 11) is 0. The van der Waals surface area contributed by atoms with Crippen LogP contribution in [0.1, 0.15) is 10.4 Å². The first-order chi connectivity index (χ1) is 8.81. The number of aliphatic hydroxyl groups is 1. The lowest BCUT2D eigenvalue weighted by Gasteiger charge is -2.05. The molecule has 2 aromatic rings. The number of aliphatic hydroxyl groups excluding tert-OH is 1. The highest BCUT2D eigenvalue weighted by Crippen LogP contribution is 2.13. The zero-order chi connectivity index (χ0) is 12.8. The highest BCUT2D eigenvalue weighted by Gasteiger charge is 2.05. The minimum Gasteiger partial charge on any atom is -0.394 e. The van der Waals surface area contributed by atoms with Crippen molar-refractivity contribution in [2.75, 3.05) is 26.4 Å². The van der Waals surface area contributed by atoms with Gasteiger partial charge in [-0.3, -0.25) is 4.79 Å². The second kappa shape index (κ2) is 6.18. The number of carbonyl (C=O) groups is 1. The summed E-state index contributed by atoms with van der Waals surface area (Å²) in [6.45, 7) is 1.13. The van der Waals surface area contributed by atoms with E-state index in [0.29, 0.717) is 25.3 Å². The van der Waals surface area contributed by atoms with Gasteiger partial charge in [0.15, 0.2) is 0 Å². The first-order valence-electron chi connectivity index (χ1n) is 5.85. The molecule has 96 valence electrons. The largest absolute Gasteiger partial charge is 0.394 e. The average molecular weight is 248 g/mol. The summed E-state index contributed by atoms with van der Waals surface area (Å²) in [5.74, 6) is -0.120. The number of aromatic amines is 1. The molecule has 1 aromatic heterocycles. The number of amides is 1. The Kier molecular flexibility index (Phi) is 4.33. The van der Waals surface area contributed by atoms with Crippen molar-refractivity contribution in [2.45, 2.75) is 0 Å². The van der Waals surface area contributed by atoms with Crippen molar-refractivity contribution in [3.63, 3.8) is 0 Å². The van der Waals surface area contributed by atoms with Crippen molar-refractivity contribution in [1.29, 1.82) is 0 Å². The lowest BCUT2D eigenvalue weighted by atomic mass is 10.1. The predicted octanol–water partition coefficient (Wildman–Crippen LogP) is 0.907. The first-order valence-corrected chi connectivity index (χ1v) is 5.85. The molecule has 1 heterocycles. The Hall–Kier alpha value is -1.85. The van der Waals surface area contributed by atoms with E-state index < -0.39 is 0 Å². The molecule has 0 radical (unpaired) electrons. The van der Waals surface area contributed by atoms with E-state index in [-0.39, 0.29) is 12.5 Å². The Morgan fingerprint density at radius 2 is 2.22 bits per heavy atom. The molecule has 1 aromatic carbocycles. The van der Waals surface area contributed by atoms with E-state index in [9.17, 15) is 4.79 Å². The molecule has 0 atom stereocenters. The molecular weight excluding hydrogens is 232 g/mol. The van der Waals surface area contributed by atoms with Crippen molar-refractivity contribution in [3.05, 3.63) is 36.0 Å². The maximum Gasteiger partial charge on any atom is 0.251 e. The quantitative estimate of drug-likeness (QED) is 0.665.